The molecule has 6 aromatic heterocycles. The molecule has 5 fully saturated rings. The van der Waals surface area contributed by atoms with E-state index in [4.69, 9.17) is 9.31 Å². The molecule has 18 heteroatoms. The fourth-order valence-corrected chi connectivity index (χ4v) is 8.36. The Labute approximate surface area is 357 Å². The Morgan fingerprint density at radius 3 is 1.67 bits per heavy atom. The molecule has 6 aromatic rings. The largest absolute Gasteiger partial charge is 0.498 e. The van der Waals surface area contributed by atoms with Gasteiger partial charge < -0.3 is 28.9 Å². The standard InChI is InChI=1S/C18H20N6O.C15H17BrN4O.C9H15BN2O2/c25-18(13-1-2-13)23-7-5-22(6-8-23)16-3-4-21-24-12-14(9-17(16)24)15-10-19-20-11-15;16-12-9-14-13(3-4-17-20(14)10-12)18-5-7-19(8-6-18)15(21)11-1-2-11;1-8(2)9(3,4)14-10(13-8)7-5-11-12-6-7/h3-4,9-13H,1-2,5-8H2,(H,19,20);3-4,9-11H,1-2,5-8H2;5-6H,1-4H3,(H,11,12). The fourth-order valence-electron chi connectivity index (χ4n) is 7.95. The molecule has 2 aliphatic carbocycles. The number of carbonyl (C=O) groups is 2. The van der Waals surface area contributed by atoms with Gasteiger partial charge in [0.15, 0.2) is 0 Å². The van der Waals surface area contributed by atoms with Crippen molar-refractivity contribution in [2.45, 2.75) is 64.6 Å². The lowest BCUT2D eigenvalue weighted by atomic mass is 9.82. The summed E-state index contributed by atoms with van der Waals surface area (Å²) in [6, 6.07) is 8.35. The third kappa shape index (κ3) is 8.41. The van der Waals surface area contributed by atoms with Gasteiger partial charge in [-0.2, -0.15) is 20.4 Å². The van der Waals surface area contributed by atoms with Gasteiger partial charge in [0.25, 0.3) is 0 Å². The minimum Gasteiger partial charge on any atom is -0.399 e. The number of aromatic nitrogens is 8. The van der Waals surface area contributed by atoms with Crippen molar-refractivity contribution >= 4 is 62.7 Å². The van der Waals surface area contributed by atoms with Crippen LogP contribution in [0.25, 0.3) is 22.2 Å². The predicted molar refractivity (Wildman–Crippen MR) is 233 cm³/mol. The number of aromatic amines is 2. The summed E-state index contributed by atoms with van der Waals surface area (Å²) in [6.07, 6.45) is 19.2. The summed E-state index contributed by atoms with van der Waals surface area (Å²) in [7, 11) is -0.307. The first-order chi connectivity index (χ1) is 28.9. The number of hydrogen-bond donors (Lipinski definition) is 2. The molecule has 0 aromatic carbocycles. The first kappa shape index (κ1) is 40.2. The lowest BCUT2D eigenvalue weighted by Gasteiger charge is -2.36. The number of H-pyrrole nitrogens is 2. The van der Waals surface area contributed by atoms with Crippen LogP contribution in [-0.4, -0.2) is 132 Å². The molecule has 60 heavy (non-hydrogen) atoms. The Morgan fingerprint density at radius 1 is 0.683 bits per heavy atom. The number of anilines is 2. The minimum absolute atomic E-state index is 0.283. The zero-order chi connectivity index (χ0) is 41.6. The molecule has 314 valence electrons. The maximum absolute atomic E-state index is 12.2. The van der Waals surface area contributed by atoms with Crippen LogP contribution in [0.5, 0.6) is 0 Å². The number of fused-ring (bicyclic) bond motifs is 2. The van der Waals surface area contributed by atoms with E-state index in [-0.39, 0.29) is 18.3 Å². The van der Waals surface area contributed by atoms with E-state index in [1.165, 1.54) is 11.4 Å². The molecule has 2 N–H and O–H groups in total. The van der Waals surface area contributed by atoms with E-state index >= 15 is 0 Å². The average molecular weight is 880 g/mol. The number of nitrogens with one attached hydrogen (secondary N) is 2. The van der Waals surface area contributed by atoms with Crippen LogP contribution in [0.3, 0.4) is 0 Å². The van der Waals surface area contributed by atoms with Crippen molar-refractivity contribution in [3.05, 3.63) is 78.3 Å². The molecule has 0 atom stereocenters. The van der Waals surface area contributed by atoms with Crippen LogP contribution in [-0.2, 0) is 18.9 Å². The second kappa shape index (κ2) is 16.3. The Bertz CT molecular complexity index is 2410. The zero-order valence-electron chi connectivity index (χ0n) is 34.6. The van der Waals surface area contributed by atoms with Gasteiger partial charge in [0.2, 0.25) is 11.8 Å². The molecule has 3 aliphatic heterocycles. The van der Waals surface area contributed by atoms with Crippen molar-refractivity contribution < 1.29 is 18.9 Å². The van der Waals surface area contributed by atoms with E-state index in [0.29, 0.717) is 23.7 Å². The van der Waals surface area contributed by atoms with E-state index in [2.05, 4.69) is 80.6 Å². The van der Waals surface area contributed by atoms with Crippen LogP contribution in [0.4, 0.5) is 11.4 Å². The van der Waals surface area contributed by atoms with Gasteiger partial charge in [-0.1, -0.05) is 0 Å². The number of piperazine rings is 2. The third-order valence-electron chi connectivity index (χ3n) is 12.5. The first-order valence-corrected chi connectivity index (χ1v) is 21.7. The zero-order valence-corrected chi connectivity index (χ0v) is 36.2. The van der Waals surface area contributed by atoms with Gasteiger partial charge in [-0.3, -0.25) is 19.8 Å². The normalized spacial score (nSPS) is 19.9. The molecule has 9 heterocycles. The summed E-state index contributed by atoms with van der Waals surface area (Å²) in [4.78, 5) is 33.1. The maximum Gasteiger partial charge on any atom is 0.498 e. The van der Waals surface area contributed by atoms with Crippen molar-refractivity contribution in [1.82, 2.24) is 49.4 Å². The van der Waals surface area contributed by atoms with Crippen LogP contribution < -0.4 is 15.3 Å². The van der Waals surface area contributed by atoms with Gasteiger partial charge in [0.05, 0.1) is 39.8 Å². The first-order valence-electron chi connectivity index (χ1n) is 21.0. The second-order valence-corrected chi connectivity index (χ2v) is 18.2. The van der Waals surface area contributed by atoms with Crippen molar-refractivity contribution in [2.24, 2.45) is 11.8 Å². The van der Waals surface area contributed by atoms with Crippen molar-refractivity contribution in [2.75, 3.05) is 62.2 Å². The molecule has 2 amide bonds. The molecular formula is C42H52BBrN12O4. The monoisotopic (exact) mass is 878 g/mol. The summed E-state index contributed by atoms with van der Waals surface area (Å²) in [5, 5.41) is 22.3. The van der Waals surface area contributed by atoms with Crippen molar-refractivity contribution in [1.29, 1.82) is 0 Å². The second-order valence-electron chi connectivity index (χ2n) is 17.3. The van der Waals surface area contributed by atoms with Gasteiger partial charge in [-0.15, -0.1) is 0 Å². The van der Waals surface area contributed by atoms with Crippen LogP contribution in [0.2, 0.25) is 0 Å². The van der Waals surface area contributed by atoms with Gasteiger partial charge in [0, 0.05) is 129 Å². The Morgan fingerprint density at radius 2 is 1.18 bits per heavy atom. The molecule has 2 saturated carbocycles. The molecule has 5 aliphatic rings. The van der Waals surface area contributed by atoms with Gasteiger partial charge in [0.1, 0.15) is 0 Å². The highest BCUT2D eigenvalue weighted by Crippen LogP contribution is 2.37. The average Bonchev–Trinajstić information content (AvgIpc) is 3.95. The van der Waals surface area contributed by atoms with E-state index < -0.39 is 0 Å². The summed E-state index contributed by atoms with van der Waals surface area (Å²) in [6.45, 7) is 14.9. The number of carbonyl (C=O) groups excluding carboxylic acids is 2. The highest BCUT2D eigenvalue weighted by Gasteiger charge is 2.52. The predicted octanol–water partition coefficient (Wildman–Crippen LogP) is 4.65. The lowest BCUT2D eigenvalue weighted by molar-refractivity contribution is -0.133. The molecule has 16 nitrogen and oxygen atoms in total. The number of amides is 2. The summed E-state index contributed by atoms with van der Waals surface area (Å²) < 4.78 is 16.5. The molecule has 11 rings (SSSR count). The van der Waals surface area contributed by atoms with Crippen LogP contribution in [0.15, 0.2) is 78.3 Å². The van der Waals surface area contributed by atoms with E-state index in [0.717, 1.165) is 110 Å². The molecule has 3 saturated heterocycles. The molecule has 0 unspecified atom stereocenters. The number of rotatable bonds is 6. The Kier molecular flexibility index (Phi) is 11.0. The highest BCUT2D eigenvalue weighted by atomic mass is 79.9. The van der Waals surface area contributed by atoms with Crippen molar-refractivity contribution in [3.8, 4) is 11.1 Å². The number of halogens is 1. The Balaban J connectivity index is 0.000000120. The van der Waals surface area contributed by atoms with Crippen LogP contribution in [0.1, 0.15) is 53.4 Å². The molecule has 0 spiro atoms. The molecular weight excluding hydrogens is 827 g/mol. The SMILES string of the molecule is CC1(C)OB(c2cn[nH]c2)OC1(C)C.O=C(C1CC1)N1CCN(c2ccnn3cc(-c4cn[nH]c4)cc23)CC1.O=C(C1CC1)N1CCN(c2ccnn3cc(Br)cc23)CC1. The third-order valence-corrected chi connectivity index (χ3v) is 13.0. The van der Waals surface area contributed by atoms with Gasteiger partial charge in [-0.25, -0.2) is 9.03 Å². The fraction of sp³-hybridized carbons (Fsp3) is 0.476. The van der Waals surface area contributed by atoms with Crippen molar-refractivity contribution in [3.63, 3.8) is 0 Å². The highest BCUT2D eigenvalue weighted by molar-refractivity contribution is 9.10. The topological polar surface area (TPSA) is 158 Å². The van der Waals surface area contributed by atoms with Crippen LogP contribution in [0, 0.1) is 11.8 Å². The van der Waals surface area contributed by atoms with E-state index in [9.17, 15) is 9.59 Å². The summed E-state index contributed by atoms with van der Waals surface area (Å²) in [5.41, 5.74) is 7.06. The van der Waals surface area contributed by atoms with E-state index in [1.807, 2.05) is 83.7 Å². The summed E-state index contributed by atoms with van der Waals surface area (Å²) >= 11 is 3.50. The number of hydrogen-bond acceptors (Lipinski definition) is 10. The van der Waals surface area contributed by atoms with Gasteiger partial charge >= 0.3 is 7.12 Å². The molecule has 0 radical (unpaired) electrons. The van der Waals surface area contributed by atoms with E-state index in [1.54, 1.807) is 12.4 Å². The number of nitrogens with zero attached hydrogens (tertiary/aromatic N) is 10. The lowest BCUT2D eigenvalue weighted by Crippen LogP contribution is -2.49. The molecule has 0 bridgehead atoms. The Hall–Kier alpha value is -5.20. The summed E-state index contributed by atoms with van der Waals surface area (Å²) in [5.74, 6) is 1.34. The quantitative estimate of drug-likeness (QED) is 0.226. The maximum atomic E-state index is 12.2. The smallest absolute Gasteiger partial charge is 0.399 e. The van der Waals surface area contributed by atoms with Gasteiger partial charge in [-0.05, 0) is 93.6 Å². The van der Waals surface area contributed by atoms with Crippen LogP contribution >= 0.6 is 15.9 Å². The minimum atomic E-state index is -0.307.